The minimum atomic E-state index is 0. The van der Waals surface area contributed by atoms with Gasteiger partial charge in [-0.2, -0.15) is 0 Å². The number of nitrogens with one attached hydrogen (secondary N) is 2. The van der Waals surface area contributed by atoms with Gasteiger partial charge in [-0.3, -0.25) is 4.99 Å². The molecule has 2 N–H and O–H groups in total. The number of hydrogen-bond donors (Lipinski definition) is 2. The van der Waals surface area contributed by atoms with Crippen LogP contribution in [0, 0.1) is 0 Å². The average Bonchev–Trinajstić information content (AvgIpc) is 2.75. The molecule has 29 heavy (non-hydrogen) atoms. The number of rotatable bonds is 11. The van der Waals surface area contributed by atoms with Gasteiger partial charge >= 0.3 is 0 Å². The minimum absolute atomic E-state index is 0. The molecule has 0 aliphatic carbocycles. The van der Waals surface area contributed by atoms with Crippen LogP contribution in [0.2, 0.25) is 0 Å². The van der Waals surface area contributed by atoms with Gasteiger partial charge in [0, 0.05) is 65.7 Å². The highest BCUT2D eigenvalue weighted by molar-refractivity contribution is 14.0. The summed E-state index contributed by atoms with van der Waals surface area (Å²) in [5, 5.41) is 6.68. The van der Waals surface area contributed by atoms with Gasteiger partial charge < -0.3 is 25.2 Å². The quantitative estimate of drug-likeness (QED) is 0.203. The number of hydrogen-bond acceptors (Lipinski definition) is 5. The number of halogens is 1. The molecule has 0 radical (unpaired) electrons. The van der Waals surface area contributed by atoms with Gasteiger partial charge in [0.05, 0.1) is 0 Å². The second kappa shape index (κ2) is 15.7. The third kappa shape index (κ3) is 9.95. The summed E-state index contributed by atoms with van der Waals surface area (Å²) in [6.45, 7) is 13.1. The number of likely N-dealkylation sites (N-methyl/N-ethyl adjacent to an activating group) is 1. The van der Waals surface area contributed by atoms with Crippen molar-refractivity contribution >= 4 is 35.8 Å². The first-order valence-electron chi connectivity index (χ1n) is 10.7. The van der Waals surface area contributed by atoms with Crippen LogP contribution in [0.4, 0.5) is 5.82 Å². The predicted molar refractivity (Wildman–Crippen MR) is 133 cm³/mol. The third-order valence-corrected chi connectivity index (χ3v) is 5.04. The van der Waals surface area contributed by atoms with Crippen molar-refractivity contribution in [3.8, 4) is 0 Å². The maximum atomic E-state index is 5.58. The lowest BCUT2D eigenvalue weighted by molar-refractivity contribution is 0.129. The molecule has 0 unspecified atom stereocenters. The molecule has 1 aromatic rings. The van der Waals surface area contributed by atoms with E-state index in [0.29, 0.717) is 6.54 Å². The monoisotopic (exact) mass is 518 g/mol. The summed E-state index contributed by atoms with van der Waals surface area (Å²) in [4.78, 5) is 13.8. The normalized spacial score (nSPS) is 15.1. The Morgan fingerprint density at radius 2 is 1.86 bits per heavy atom. The number of ether oxygens (including phenoxy) is 1. The first-order chi connectivity index (χ1) is 13.8. The Labute approximate surface area is 193 Å². The van der Waals surface area contributed by atoms with Gasteiger partial charge in [-0.05, 0) is 31.0 Å². The van der Waals surface area contributed by atoms with Gasteiger partial charge in [0.2, 0.25) is 0 Å². The van der Waals surface area contributed by atoms with Crippen molar-refractivity contribution in [2.45, 2.75) is 39.7 Å². The summed E-state index contributed by atoms with van der Waals surface area (Å²) in [6.07, 6.45) is 5.26. The number of aromatic nitrogens is 1. The smallest absolute Gasteiger partial charge is 0.191 e. The Kier molecular flexibility index (Phi) is 14.0. The average molecular weight is 518 g/mol. The molecule has 7 nitrogen and oxygen atoms in total. The van der Waals surface area contributed by atoms with E-state index in [0.717, 1.165) is 82.7 Å². The van der Waals surface area contributed by atoms with Crippen molar-refractivity contribution in [2.75, 3.05) is 64.4 Å². The van der Waals surface area contributed by atoms with Crippen molar-refractivity contribution in [3.05, 3.63) is 23.9 Å². The van der Waals surface area contributed by atoms with Crippen LogP contribution in [0.25, 0.3) is 0 Å². The lowest BCUT2D eigenvalue weighted by atomic mass is 10.2. The highest BCUT2D eigenvalue weighted by Crippen LogP contribution is 2.14. The summed E-state index contributed by atoms with van der Waals surface area (Å²) in [5.74, 6) is 1.89. The standard InChI is InChI=1S/C21H38N6O.HI/c1-4-6-15-28-16-7-10-23-21(22-3)25-18-19-8-9-20(24-17-19)27-13-11-26(5-2)12-14-27;/h8-9,17H,4-7,10-16,18H2,1-3H3,(H2,22,23,25);1H. The van der Waals surface area contributed by atoms with Crippen molar-refractivity contribution in [2.24, 2.45) is 4.99 Å². The molecule has 1 aliphatic rings. The van der Waals surface area contributed by atoms with E-state index in [1.54, 1.807) is 7.05 Å². The first-order valence-corrected chi connectivity index (χ1v) is 10.7. The summed E-state index contributed by atoms with van der Waals surface area (Å²) < 4.78 is 5.58. The van der Waals surface area contributed by atoms with E-state index in [1.165, 1.54) is 6.42 Å². The van der Waals surface area contributed by atoms with E-state index >= 15 is 0 Å². The van der Waals surface area contributed by atoms with Crippen LogP contribution >= 0.6 is 24.0 Å². The number of anilines is 1. The lowest BCUT2D eigenvalue weighted by Crippen LogP contribution is -2.46. The van der Waals surface area contributed by atoms with Crippen LogP contribution in [0.1, 0.15) is 38.7 Å². The number of pyridine rings is 1. The Morgan fingerprint density at radius 1 is 1.10 bits per heavy atom. The number of nitrogens with zero attached hydrogens (tertiary/aromatic N) is 4. The zero-order valence-corrected chi connectivity index (χ0v) is 20.7. The second-order valence-corrected chi connectivity index (χ2v) is 7.12. The summed E-state index contributed by atoms with van der Waals surface area (Å²) in [5.41, 5.74) is 1.15. The van der Waals surface area contributed by atoms with Crippen LogP contribution in [-0.4, -0.2) is 75.4 Å². The van der Waals surface area contributed by atoms with E-state index in [4.69, 9.17) is 4.74 Å². The lowest BCUT2D eigenvalue weighted by Gasteiger charge is -2.34. The number of unbranched alkanes of at least 4 members (excludes halogenated alkanes) is 1. The van der Waals surface area contributed by atoms with E-state index in [-0.39, 0.29) is 24.0 Å². The Balaban J connectivity index is 0.00000420. The molecule has 0 saturated carbocycles. The number of aliphatic imine (C=N–C) groups is 1. The predicted octanol–water partition coefficient (Wildman–Crippen LogP) is 2.71. The van der Waals surface area contributed by atoms with Gasteiger partial charge in [-0.1, -0.05) is 26.3 Å². The molecule has 8 heteroatoms. The van der Waals surface area contributed by atoms with Crippen molar-refractivity contribution in [1.29, 1.82) is 0 Å². The van der Waals surface area contributed by atoms with E-state index in [2.05, 4.69) is 56.4 Å². The topological polar surface area (TPSA) is 65.0 Å². The van der Waals surface area contributed by atoms with Crippen LogP contribution in [-0.2, 0) is 11.3 Å². The molecule has 2 rings (SSSR count). The Morgan fingerprint density at radius 3 is 2.48 bits per heavy atom. The summed E-state index contributed by atoms with van der Waals surface area (Å²) >= 11 is 0. The Hall–Kier alpha value is -1.13. The fourth-order valence-corrected chi connectivity index (χ4v) is 3.14. The van der Waals surface area contributed by atoms with Crippen LogP contribution in [0.3, 0.4) is 0 Å². The number of piperazine rings is 1. The summed E-state index contributed by atoms with van der Waals surface area (Å²) in [6, 6.07) is 4.28. The summed E-state index contributed by atoms with van der Waals surface area (Å²) in [7, 11) is 1.80. The SMILES string of the molecule is CCCCOCCCNC(=NC)NCc1ccc(N2CCN(CC)CC2)nc1.I. The fourth-order valence-electron chi connectivity index (χ4n) is 3.14. The molecular weight excluding hydrogens is 479 g/mol. The molecule has 0 bridgehead atoms. The van der Waals surface area contributed by atoms with Crippen LogP contribution in [0.5, 0.6) is 0 Å². The van der Waals surface area contributed by atoms with E-state index in [1.807, 2.05) is 6.20 Å². The van der Waals surface area contributed by atoms with Crippen molar-refractivity contribution in [3.63, 3.8) is 0 Å². The minimum Gasteiger partial charge on any atom is -0.381 e. The molecule has 1 saturated heterocycles. The van der Waals surface area contributed by atoms with Crippen molar-refractivity contribution < 1.29 is 4.74 Å². The largest absolute Gasteiger partial charge is 0.381 e. The van der Waals surface area contributed by atoms with Crippen molar-refractivity contribution in [1.82, 2.24) is 20.5 Å². The number of guanidine groups is 1. The van der Waals surface area contributed by atoms with Gasteiger partial charge in [0.15, 0.2) is 5.96 Å². The molecule has 1 aliphatic heterocycles. The maximum absolute atomic E-state index is 5.58. The highest BCUT2D eigenvalue weighted by atomic mass is 127. The molecule has 166 valence electrons. The zero-order chi connectivity index (χ0) is 20.0. The molecule has 1 aromatic heterocycles. The van der Waals surface area contributed by atoms with E-state index < -0.39 is 0 Å². The van der Waals surface area contributed by atoms with Gasteiger partial charge in [0.1, 0.15) is 5.82 Å². The molecule has 2 heterocycles. The molecule has 0 amide bonds. The molecule has 0 atom stereocenters. The van der Waals surface area contributed by atoms with Gasteiger partial charge in [-0.25, -0.2) is 4.98 Å². The molecular formula is C21H39IN6O. The Bertz CT molecular complexity index is 561. The third-order valence-electron chi connectivity index (χ3n) is 5.04. The first kappa shape index (κ1) is 25.9. The van der Waals surface area contributed by atoms with Gasteiger partial charge in [-0.15, -0.1) is 24.0 Å². The van der Waals surface area contributed by atoms with Crippen LogP contribution < -0.4 is 15.5 Å². The zero-order valence-electron chi connectivity index (χ0n) is 18.3. The second-order valence-electron chi connectivity index (χ2n) is 7.12. The molecule has 1 fully saturated rings. The molecule has 0 spiro atoms. The van der Waals surface area contributed by atoms with Gasteiger partial charge in [0.25, 0.3) is 0 Å². The maximum Gasteiger partial charge on any atom is 0.191 e. The van der Waals surface area contributed by atoms with E-state index in [9.17, 15) is 0 Å². The van der Waals surface area contributed by atoms with Crippen LogP contribution in [0.15, 0.2) is 23.3 Å². The fraction of sp³-hybridized carbons (Fsp3) is 0.714. The molecule has 0 aromatic carbocycles. The highest BCUT2D eigenvalue weighted by Gasteiger charge is 2.16.